The van der Waals surface area contributed by atoms with Gasteiger partial charge in [-0.05, 0) is 0 Å². The van der Waals surface area contributed by atoms with Gasteiger partial charge in [0.25, 0.3) is 0 Å². The predicted molar refractivity (Wildman–Crippen MR) is 95.5 cm³/mol. The van der Waals surface area contributed by atoms with Crippen molar-refractivity contribution in [3.8, 4) is 11.8 Å². The van der Waals surface area contributed by atoms with E-state index in [4.69, 9.17) is 0 Å². The first-order chi connectivity index (χ1) is 11.9. The van der Waals surface area contributed by atoms with E-state index in [1.807, 2.05) is 0 Å². The van der Waals surface area contributed by atoms with Crippen LogP contribution in [0, 0.1) is 11.8 Å². The van der Waals surface area contributed by atoms with Crippen molar-refractivity contribution in [1.29, 1.82) is 0 Å². The molecule has 0 bridgehead atoms. The number of carbonyl (C=O) groups excluding carboxylic acids is 1. The minimum atomic E-state index is -3.21. The van der Waals surface area contributed by atoms with E-state index in [0.717, 1.165) is 9.21 Å². The zero-order valence-corrected chi connectivity index (χ0v) is 16.2. The second-order valence-electron chi connectivity index (χ2n) is 12.7. The predicted octanol–water partition coefficient (Wildman–Crippen LogP) is 6.22. The Balaban J connectivity index is 1.13. The summed E-state index contributed by atoms with van der Waals surface area (Å²) < 4.78 is 1.67. The fourth-order valence-corrected chi connectivity index (χ4v) is 96.5. The van der Waals surface area contributed by atoms with Gasteiger partial charge in [-0.25, -0.2) is 0 Å². The van der Waals surface area contributed by atoms with Gasteiger partial charge < -0.3 is 0 Å². The Morgan fingerprint density at radius 2 is 1.68 bits per heavy atom. The van der Waals surface area contributed by atoms with Crippen molar-refractivity contribution in [3.63, 3.8) is 0 Å². The van der Waals surface area contributed by atoms with Crippen molar-refractivity contribution in [2.75, 3.05) is 0 Å². The van der Waals surface area contributed by atoms with Crippen LogP contribution in [0.4, 0.5) is 0 Å². The summed E-state index contributed by atoms with van der Waals surface area (Å²) >= 11 is 1.32. The average Bonchev–Trinajstić information content (AvgIpc) is 3.54. The van der Waals surface area contributed by atoms with Crippen LogP contribution in [0.3, 0.4) is 0 Å². The van der Waals surface area contributed by atoms with Gasteiger partial charge in [-0.15, -0.1) is 0 Å². The maximum atomic E-state index is 11.2. The van der Waals surface area contributed by atoms with Crippen LogP contribution in [0.2, 0.25) is 47.2 Å². The Hall–Kier alpha value is -0.681. The quantitative estimate of drug-likeness (QED) is 0.340. The Kier molecular flexibility index (Phi) is 0.551. The molecule has 10 heterocycles. The van der Waals surface area contributed by atoms with Crippen LogP contribution in [0.1, 0.15) is 25.8 Å². The van der Waals surface area contributed by atoms with Crippen molar-refractivity contribution >= 4 is 16.9 Å². The SMILES string of the molecule is CC[C]12[CH]3[CH]4[CH]5[CH]1[Fe]45321678[CH]2[CH]1[CH]6[C]7(C#Cc1ccc(SC(C)=O)cc1)[CH]28. The molecule has 0 amide bonds. The Bertz CT molecular complexity index is 1490. The van der Waals surface area contributed by atoms with E-state index in [-0.39, 0.29) is 5.12 Å². The molecule has 1 aromatic carbocycles. The molecule has 1 spiro atoms. The average molecular weight is 388 g/mol. The second kappa shape index (κ2) is 1.23. The molecule has 0 aromatic heterocycles. The molecule has 8 unspecified atom stereocenters. The van der Waals surface area contributed by atoms with Gasteiger partial charge in [-0.3, -0.25) is 0 Å². The summed E-state index contributed by atoms with van der Waals surface area (Å²) in [6, 6.07) is 8.42. The molecule has 0 N–H and O–H groups in total. The summed E-state index contributed by atoms with van der Waals surface area (Å²) in [5.74, 6) is 7.76. The van der Waals surface area contributed by atoms with Crippen LogP contribution in [0.25, 0.3) is 0 Å². The van der Waals surface area contributed by atoms with E-state index in [1.54, 1.807) is 13.3 Å². The van der Waals surface area contributed by atoms with Crippen molar-refractivity contribution in [2.24, 2.45) is 0 Å². The molecule has 10 fully saturated rings. The second-order valence-corrected chi connectivity index (χ2v) is 37.2. The molecule has 25 heavy (non-hydrogen) atoms. The first kappa shape index (κ1) is 11.2. The molecule has 10 aliphatic heterocycles. The first-order valence-corrected chi connectivity index (χ1v) is 16.9. The third-order valence-electron chi connectivity index (χ3n) is 17.2. The van der Waals surface area contributed by atoms with Gasteiger partial charge in [0.05, 0.1) is 0 Å². The number of hydrogen-bond donors (Lipinski definition) is 0. The van der Waals surface area contributed by atoms with Crippen LogP contribution in [-0.4, -0.2) is 5.12 Å². The van der Waals surface area contributed by atoms with Gasteiger partial charge in [-0.1, -0.05) is 0 Å². The van der Waals surface area contributed by atoms with Gasteiger partial charge in [0.15, 0.2) is 0 Å². The molecule has 10 aliphatic rings. The van der Waals surface area contributed by atoms with E-state index in [9.17, 15) is 4.79 Å². The van der Waals surface area contributed by atoms with Crippen LogP contribution in [-0.2, 0) is 11.3 Å². The molecule has 3 heteroatoms. The molecule has 0 saturated carbocycles. The van der Waals surface area contributed by atoms with E-state index >= 15 is 0 Å². The normalized spacial score (nSPS) is 87.0. The summed E-state index contributed by atoms with van der Waals surface area (Å²) in [6.45, 7) is 0.973. The standard InChI is InChI=1S/C15H11OS.C7H9.Fe/c1-12(16)17-15-10-8-14(9-11-15)7-6-13-4-2-3-5-13;1-2-7-5-3-4-6-7;/h2-5,8-11H,1H3;3-6H,2H2,1H3;. The number of fused-ring (bicyclic) bond motifs is 10. The van der Waals surface area contributed by atoms with Gasteiger partial charge in [-0.2, -0.15) is 0 Å². The van der Waals surface area contributed by atoms with Gasteiger partial charge in [0.1, 0.15) is 0 Å². The number of thioether (sulfide) groups is 1. The fraction of sp³-hybridized carbons (Fsp3) is 0.591. The van der Waals surface area contributed by atoms with E-state index < -0.39 is 6.51 Å². The summed E-state index contributed by atoms with van der Waals surface area (Å²) in [5.41, 5.74) is 1.18. The first-order valence-electron chi connectivity index (χ1n) is 9.89. The minimum absolute atomic E-state index is 0.155. The van der Waals surface area contributed by atoms with Crippen molar-refractivity contribution < 1.29 is 11.3 Å². The Morgan fingerprint density at radius 3 is 2.12 bits per heavy atom. The van der Waals surface area contributed by atoms with Crippen molar-refractivity contribution in [3.05, 3.63) is 29.8 Å². The zero-order valence-electron chi connectivity index (χ0n) is 14.3. The van der Waals surface area contributed by atoms with Gasteiger partial charge >= 0.3 is 142 Å². The van der Waals surface area contributed by atoms with Gasteiger partial charge in [0, 0.05) is 0 Å². The zero-order chi connectivity index (χ0) is 16.3. The topological polar surface area (TPSA) is 17.1 Å². The molecule has 11 rings (SSSR count). The molecule has 1 aromatic rings. The summed E-state index contributed by atoms with van der Waals surface area (Å²) in [4.78, 5) is 22.8. The summed E-state index contributed by atoms with van der Waals surface area (Å²) in [5, 5.41) is 0.155. The third-order valence-corrected chi connectivity index (χ3v) is 61.4. The van der Waals surface area contributed by atoms with Crippen LogP contribution in [0.15, 0.2) is 29.2 Å². The number of carbonyl (C=O) groups is 1. The molecule has 8 atom stereocenters. The van der Waals surface area contributed by atoms with E-state index in [0.29, 0.717) is 4.31 Å². The van der Waals surface area contributed by atoms with Crippen LogP contribution < -0.4 is 0 Å². The van der Waals surface area contributed by atoms with E-state index in [2.05, 4.69) is 43.0 Å². The number of benzene rings is 1. The van der Waals surface area contributed by atoms with Gasteiger partial charge in [0.2, 0.25) is 0 Å². The molecular formula is C22H20FeOS. The molecular weight excluding hydrogens is 368 g/mol. The number of rotatable bonds is 2. The fourth-order valence-electron chi connectivity index (χ4n) is 19.3. The summed E-state index contributed by atoms with van der Waals surface area (Å²) in [7, 11) is 0. The molecule has 0 aliphatic carbocycles. The van der Waals surface area contributed by atoms with Crippen molar-refractivity contribution in [1.82, 2.24) is 0 Å². The Labute approximate surface area is 142 Å². The maximum absolute atomic E-state index is 11.2. The Morgan fingerprint density at radius 1 is 1.08 bits per heavy atom. The third kappa shape index (κ3) is 0.172. The molecule has 10 saturated heterocycles. The number of hydrogen-bond acceptors (Lipinski definition) is 2. The molecule has 128 valence electrons. The van der Waals surface area contributed by atoms with Crippen LogP contribution in [0.5, 0.6) is 0 Å². The van der Waals surface area contributed by atoms with Crippen molar-refractivity contribution in [2.45, 2.75) is 72.3 Å². The molecule has 0 radical (unpaired) electrons. The summed E-state index contributed by atoms with van der Waals surface area (Å²) in [6.07, 6.45) is 1.55. The van der Waals surface area contributed by atoms with Crippen LogP contribution >= 0.6 is 11.8 Å². The monoisotopic (exact) mass is 388 g/mol. The molecule has 1 nitrogen and oxygen atoms in total. The van der Waals surface area contributed by atoms with E-state index in [1.165, 1.54) is 55.9 Å².